The minimum Gasteiger partial charge on any atom is -0.489 e. The summed E-state index contributed by atoms with van der Waals surface area (Å²) in [5.41, 5.74) is 5.89. The molecule has 4 heteroatoms. The van der Waals surface area contributed by atoms with Crippen LogP contribution in [0.1, 0.15) is 43.5 Å². The molecule has 1 aromatic rings. The summed E-state index contributed by atoms with van der Waals surface area (Å²) in [7, 11) is 0. The number of pyridine rings is 1. The zero-order valence-corrected chi connectivity index (χ0v) is 10.3. The third-order valence-electron chi connectivity index (χ3n) is 3.05. The summed E-state index contributed by atoms with van der Waals surface area (Å²) in [5.74, 6) is 0.597. The molecule has 0 radical (unpaired) electrons. The second-order valence-corrected chi connectivity index (χ2v) is 4.91. The molecular formula is C13H18N2O2. The first-order valence-electron chi connectivity index (χ1n) is 5.97. The molecule has 0 spiro atoms. The van der Waals surface area contributed by atoms with Crippen LogP contribution >= 0.6 is 0 Å². The van der Waals surface area contributed by atoms with Crippen LogP contribution in [0.2, 0.25) is 0 Å². The highest BCUT2D eigenvalue weighted by atomic mass is 16.5. The molecule has 1 saturated carbocycles. The first-order chi connectivity index (χ1) is 8.01. The highest BCUT2D eigenvalue weighted by molar-refractivity contribution is 6.03. The maximum absolute atomic E-state index is 12.2. The summed E-state index contributed by atoms with van der Waals surface area (Å²) in [6.07, 6.45) is 5.79. The zero-order chi connectivity index (χ0) is 12.5. The van der Waals surface area contributed by atoms with Crippen LogP contribution in [0.5, 0.6) is 5.75 Å². The smallest absolute Gasteiger partial charge is 0.184 e. The monoisotopic (exact) mass is 234 g/mol. The minimum atomic E-state index is -0.669. The van der Waals surface area contributed by atoms with E-state index in [9.17, 15) is 4.79 Å². The Kier molecular flexibility index (Phi) is 3.15. The molecular weight excluding hydrogens is 216 g/mol. The van der Waals surface area contributed by atoms with Crippen molar-refractivity contribution in [2.75, 3.05) is 0 Å². The molecule has 0 atom stereocenters. The molecule has 1 heterocycles. The Labute approximate surface area is 101 Å². The van der Waals surface area contributed by atoms with Gasteiger partial charge in [-0.1, -0.05) is 0 Å². The number of nitrogens with two attached hydrogens (primary N) is 1. The van der Waals surface area contributed by atoms with Crippen LogP contribution in [0, 0.1) is 0 Å². The second-order valence-electron chi connectivity index (χ2n) is 4.91. The number of nitrogens with zero attached hydrogens (tertiary/aromatic N) is 1. The SMILES string of the molecule is CC(C)Oc1cncc(C(=O)C2(N)CCC2)c1. The minimum absolute atomic E-state index is 0.0227. The van der Waals surface area contributed by atoms with Gasteiger partial charge in [0.05, 0.1) is 17.8 Å². The van der Waals surface area contributed by atoms with Gasteiger partial charge in [0.15, 0.2) is 5.78 Å². The van der Waals surface area contributed by atoms with Gasteiger partial charge in [-0.25, -0.2) is 0 Å². The van der Waals surface area contributed by atoms with Gasteiger partial charge in [-0.3, -0.25) is 9.78 Å². The highest BCUT2D eigenvalue weighted by Crippen LogP contribution is 2.32. The van der Waals surface area contributed by atoms with E-state index in [0.29, 0.717) is 11.3 Å². The highest BCUT2D eigenvalue weighted by Gasteiger charge is 2.40. The lowest BCUT2D eigenvalue weighted by Crippen LogP contribution is -2.53. The zero-order valence-electron chi connectivity index (χ0n) is 10.3. The number of aromatic nitrogens is 1. The van der Waals surface area contributed by atoms with Crippen LogP contribution in [-0.2, 0) is 0 Å². The van der Waals surface area contributed by atoms with Crippen LogP contribution in [0.25, 0.3) is 0 Å². The van der Waals surface area contributed by atoms with Crippen LogP contribution in [0.3, 0.4) is 0 Å². The molecule has 17 heavy (non-hydrogen) atoms. The fraction of sp³-hybridized carbons (Fsp3) is 0.538. The Hall–Kier alpha value is -1.42. The summed E-state index contributed by atoms with van der Waals surface area (Å²) in [5, 5.41) is 0. The van der Waals surface area contributed by atoms with E-state index in [-0.39, 0.29) is 11.9 Å². The average molecular weight is 234 g/mol. The normalized spacial score (nSPS) is 17.6. The molecule has 0 saturated heterocycles. The molecule has 0 bridgehead atoms. The van der Waals surface area contributed by atoms with E-state index in [4.69, 9.17) is 10.5 Å². The number of hydrogen-bond donors (Lipinski definition) is 1. The maximum Gasteiger partial charge on any atom is 0.184 e. The Morgan fingerprint density at radius 2 is 2.18 bits per heavy atom. The van der Waals surface area contributed by atoms with Gasteiger partial charge < -0.3 is 10.5 Å². The van der Waals surface area contributed by atoms with Crippen LogP contribution in [0.4, 0.5) is 0 Å². The van der Waals surface area contributed by atoms with E-state index in [1.54, 1.807) is 18.5 Å². The maximum atomic E-state index is 12.2. The predicted molar refractivity (Wildman–Crippen MR) is 65.1 cm³/mol. The first kappa shape index (κ1) is 12.0. The molecule has 4 nitrogen and oxygen atoms in total. The molecule has 2 rings (SSSR count). The standard InChI is InChI=1S/C13H18N2O2/c1-9(2)17-11-6-10(7-15-8-11)12(16)13(14)4-3-5-13/h6-9H,3-5,14H2,1-2H3. The molecule has 92 valence electrons. The topological polar surface area (TPSA) is 65.2 Å². The number of carbonyl (C=O) groups excluding carboxylic acids is 1. The lowest BCUT2D eigenvalue weighted by molar-refractivity contribution is 0.0799. The number of Topliss-reactive ketones (excluding diaryl/α,β-unsaturated/α-hetero) is 1. The van der Waals surface area contributed by atoms with E-state index in [1.807, 2.05) is 13.8 Å². The van der Waals surface area contributed by atoms with Gasteiger partial charge in [-0.05, 0) is 39.2 Å². The number of ether oxygens (including phenoxy) is 1. The average Bonchev–Trinajstić information content (AvgIpc) is 2.24. The Morgan fingerprint density at radius 1 is 1.47 bits per heavy atom. The molecule has 0 unspecified atom stereocenters. The first-order valence-corrected chi connectivity index (χ1v) is 5.97. The fourth-order valence-corrected chi connectivity index (χ4v) is 1.95. The van der Waals surface area contributed by atoms with E-state index >= 15 is 0 Å². The van der Waals surface area contributed by atoms with E-state index in [2.05, 4.69) is 4.98 Å². The lowest BCUT2D eigenvalue weighted by Gasteiger charge is -2.36. The van der Waals surface area contributed by atoms with E-state index < -0.39 is 5.54 Å². The number of hydrogen-bond acceptors (Lipinski definition) is 4. The van der Waals surface area contributed by atoms with E-state index in [1.165, 1.54) is 0 Å². The van der Waals surface area contributed by atoms with Crippen LogP contribution < -0.4 is 10.5 Å². The third-order valence-corrected chi connectivity index (χ3v) is 3.05. The molecule has 1 aromatic heterocycles. The molecule has 0 amide bonds. The molecule has 1 aliphatic rings. The van der Waals surface area contributed by atoms with Crippen molar-refractivity contribution in [3.05, 3.63) is 24.0 Å². The van der Waals surface area contributed by atoms with Crippen LogP contribution in [0.15, 0.2) is 18.5 Å². The van der Waals surface area contributed by atoms with Gasteiger partial charge in [0.1, 0.15) is 5.75 Å². The summed E-state index contributed by atoms with van der Waals surface area (Å²) in [6.45, 7) is 3.87. The summed E-state index contributed by atoms with van der Waals surface area (Å²) < 4.78 is 5.51. The van der Waals surface area contributed by atoms with Gasteiger partial charge in [0.25, 0.3) is 0 Å². The van der Waals surface area contributed by atoms with Crippen molar-refractivity contribution in [3.63, 3.8) is 0 Å². The fourth-order valence-electron chi connectivity index (χ4n) is 1.95. The summed E-state index contributed by atoms with van der Waals surface area (Å²) in [4.78, 5) is 16.2. The summed E-state index contributed by atoms with van der Waals surface area (Å²) >= 11 is 0. The van der Waals surface area contributed by atoms with Gasteiger partial charge in [-0.15, -0.1) is 0 Å². The third kappa shape index (κ3) is 2.47. The van der Waals surface area contributed by atoms with Crippen LogP contribution in [-0.4, -0.2) is 22.4 Å². The lowest BCUT2D eigenvalue weighted by atomic mass is 9.73. The van der Waals surface area contributed by atoms with Gasteiger partial charge in [0, 0.05) is 11.8 Å². The Balaban J connectivity index is 2.18. The van der Waals surface area contributed by atoms with Crippen molar-refractivity contribution in [1.29, 1.82) is 0 Å². The molecule has 1 fully saturated rings. The van der Waals surface area contributed by atoms with Crippen molar-refractivity contribution in [1.82, 2.24) is 4.98 Å². The van der Waals surface area contributed by atoms with Crippen molar-refractivity contribution in [3.8, 4) is 5.75 Å². The van der Waals surface area contributed by atoms with Crippen molar-refractivity contribution in [2.45, 2.75) is 44.8 Å². The quantitative estimate of drug-likeness (QED) is 0.808. The van der Waals surface area contributed by atoms with Gasteiger partial charge >= 0.3 is 0 Å². The van der Waals surface area contributed by atoms with Gasteiger partial charge in [0.2, 0.25) is 0 Å². The van der Waals surface area contributed by atoms with Crippen molar-refractivity contribution < 1.29 is 9.53 Å². The molecule has 0 aliphatic heterocycles. The number of rotatable bonds is 4. The second kappa shape index (κ2) is 4.45. The molecule has 0 aromatic carbocycles. The van der Waals surface area contributed by atoms with E-state index in [0.717, 1.165) is 19.3 Å². The Bertz CT molecular complexity index is 425. The summed E-state index contributed by atoms with van der Waals surface area (Å²) in [6, 6.07) is 1.72. The van der Waals surface area contributed by atoms with Crippen molar-refractivity contribution >= 4 is 5.78 Å². The predicted octanol–water partition coefficient (Wildman–Crippen LogP) is 1.93. The number of carbonyl (C=O) groups is 1. The number of ketones is 1. The van der Waals surface area contributed by atoms with Crippen molar-refractivity contribution in [2.24, 2.45) is 5.73 Å². The largest absolute Gasteiger partial charge is 0.489 e. The van der Waals surface area contributed by atoms with Gasteiger partial charge in [-0.2, -0.15) is 0 Å². The Morgan fingerprint density at radius 3 is 2.71 bits per heavy atom. The molecule has 1 aliphatic carbocycles. The molecule has 2 N–H and O–H groups in total.